The first-order chi connectivity index (χ1) is 27.0. The Labute approximate surface area is 322 Å². The van der Waals surface area contributed by atoms with Crippen molar-refractivity contribution in [2.45, 2.75) is 32.6 Å². The molecule has 8 rings (SSSR count). The number of furan rings is 1. The lowest BCUT2D eigenvalue weighted by Gasteiger charge is -2.14. The van der Waals surface area contributed by atoms with Crippen molar-refractivity contribution < 1.29 is 9.15 Å². The monoisotopic (exact) mass is 715 g/mol. The van der Waals surface area contributed by atoms with Gasteiger partial charge in [-0.25, -0.2) is 15.0 Å². The van der Waals surface area contributed by atoms with Crippen LogP contribution in [0.15, 0.2) is 187 Å². The number of benzene rings is 5. The van der Waals surface area contributed by atoms with E-state index in [-0.39, 0.29) is 0 Å². The summed E-state index contributed by atoms with van der Waals surface area (Å²) in [6.45, 7) is 10.4. The number of allylic oxidation sites excluding steroid dienone is 9. The van der Waals surface area contributed by atoms with Gasteiger partial charge in [0.05, 0.1) is 0 Å². The number of unbranched alkanes of at least 4 members (excludes halogenated alkanes) is 1. The van der Waals surface area contributed by atoms with Gasteiger partial charge in [-0.2, -0.15) is 0 Å². The molecule has 5 heteroatoms. The Balaban J connectivity index is 1.25. The van der Waals surface area contributed by atoms with Crippen molar-refractivity contribution in [1.29, 1.82) is 0 Å². The highest BCUT2D eigenvalue weighted by Gasteiger charge is 2.23. The Morgan fingerprint density at radius 2 is 1.47 bits per heavy atom. The predicted octanol–water partition coefficient (Wildman–Crippen LogP) is 12.9. The number of para-hydroxylation sites is 2. The van der Waals surface area contributed by atoms with Gasteiger partial charge in [0.15, 0.2) is 17.5 Å². The molecule has 5 aromatic carbocycles. The van der Waals surface area contributed by atoms with Crippen LogP contribution < -0.4 is 4.74 Å². The number of ether oxygens (including phenoxy) is 1. The zero-order valence-corrected chi connectivity index (χ0v) is 30.9. The summed E-state index contributed by atoms with van der Waals surface area (Å²) in [5, 5.41) is 1.92. The molecule has 7 aromatic rings. The summed E-state index contributed by atoms with van der Waals surface area (Å²) < 4.78 is 12.7. The van der Waals surface area contributed by atoms with E-state index in [0.717, 1.165) is 85.9 Å². The Morgan fingerprint density at radius 3 is 2.29 bits per heavy atom. The minimum absolute atomic E-state index is 0.536. The highest BCUT2D eigenvalue weighted by Crippen LogP contribution is 2.42. The molecule has 0 N–H and O–H groups in total. The van der Waals surface area contributed by atoms with Crippen molar-refractivity contribution in [2.24, 2.45) is 0 Å². The van der Waals surface area contributed by atoms with Crippen LogP contribution >= 0.6 is 0 Å². The third kappa shape index (κ3) is 7.78. The normalized spacial score (nSPS) is 13.1. The lowest BCUT2D eigenvalue weighted by atomic mass is 9.93. The Morgan fingerprint density at radius 1 is 0.745 bits per heavy atom. The fourth-order valence-electron chi connectivity index (χ4n) is 7.02. The minimum atomic E-state index is 0.536. The van der Waals surface area contributed by atoms with Gasteiger partial charge in [-0.05, 0) is 90.8 Å². The average molecular weight is 716 g/mol. The van der Waals surface area contributed by atoms with Gasteiger partial charge in [-0.15, -0.1) is 0 Å². The van der Waals surface area contributed by atoms with E-state index in [1.807, 2.05) is 97.9 Å². The summed E-state index contributed by atoms with van der Waals surface area (Å²) in [4.78, 5) is 15.5. The Kier molecular flexibility index (Phi) is 10.3. The van der Waals surface area contributed by atoms with E-state index >= 15 is 0 Å². The van der Waals surface area contributed by atoms with Crippen LogP contribution in [0.3, 0.4) is 0 Å². The fraction of sp³-hybridized carbons (Fsp3) is 0.100. The van der Waals surface area contributed by atoms with E-state index in [1.165, 1.54) is 5.56 Å². The largest absolute Gasteiger partial charge is 0.458 e. The van der Waals surface area contributed by atoms with Crippen LogP contribution in [0, 0.1) is 0 Å². The molecule has 0 radical (unpaired) electrons. The van der Waals surface area contributed by atoms with Crippen molar-refractivity contribution in [3.05, 3.63) is 199 Å². The second-order valence-electron chi connectivity index (χ2n) is 13.6. The maximum atomic E-state index is 6.44. The smallest absolute Gasteiger partial charge is 0.165 e. The van der Waals surface area contributed by atoms with Gasteiger partial charge in [-0.1, -0.05) is 141 Å². The zero-order chi connectivity index (χ0) is 37.6. The molecule has 0 atom stereocenters. The number of fused-ring (bicyclic) bond motifs is 4. The van der Waals surface area contributed by atoms with Crippen LogP contribution in [0.5, 0.6) is 5.75 Å². The summed E-state index contributed by atoms with van der Waals surface area (Å²) in [6.07, 6.45) is 18.3. The highest BCUT2D eigenvalue weighted by atomic mass is 16.5. The van der Waals surface area contributed by atoms with Crippen LogP contribution in [-0.4, -0.2) is 15.0 Å². The molecule has 0 saturated carbocycles. The first-order valence-electron chi connectivity index (χ1n) is 18.7. The van der Waals surface area contributed by atoms with Crippen molar-refractivity contribution in [3.8, 4) is 39.9 Å². The maximum absolute atomic E-state index is 6.44. The topological polar surface area (TPSA) is 61.0 Å². The molecule has 0 bridgehead atoms. The van der Waals surface area contributed by atoms with Crippen LogP contribution in [0.2, 0.25) is 0 Å². The molecule has 0 unspecified atom stereocenters. The molecule has 1 aliphatic heterocycles. The first-order valence-corrected chi connectivity index (χ1v) is 18.7. The summed E-state index contributed by atoms with van der Waals surface area (Å²) in [5.41, 5.74) is 9.45. The second-order valence-corrected chi connectivity index (χ2v) is 13.6. The summed E-state index contributed by atoms with van der Waals surface area (Å²) >= 11 is 0. The number of aromatic nitrogens is 3. The van der Waals surface area contributed by atoms with E-state index in [0.29, 0.717) is 29.7 Å². The molecule has 0 saturated heterocycles. The molecule has 1 aliphatic rings. The van der Waals surface area contributed by atoms with Crippen LogP contribution in [-0.2, 0) is 12.8 Å². The molecule has 268 valence electrons. The van der Waals surface area contributed by atoms with Gasteiger partial charge in [0.25, 0.3) is 0 Å². The van der Waals surface area contributed by atoms with Gasteiger partial charge >= 0.3 is 0 Å². The number of rotatable bonds is 10. The quantitative estimate of drug-likeness (QED) is 0.104. The van der Waals surface area contributed by atoms with E-state index in [4.69, 9.17) is 24.1 Å². The summed E-state index contributed by atoms with van der Waals surface area (Å²) in [7, 11) is 0. The SMILES string of the molecule is C=C(/C=C\C)/C=C\CCCc1ccc(-c2nc(-c3ccccc3)nc(-c3c(C4=CC(=C)Oc5ccccc5CC=C4)ccc4oc5ccccc5c34)n2)cc1. The molecule has 0 fully saturated rings. The van der Waals surface area contributed by atoms with Crippen molar-refractivity contribution >= 4 is 27.5 Å². The molecular formula is C50H41N3O2. The number of nitrogens with zero attached hydrogens (tertiary/aromatic N) is 3. The van der Waals surface area contributed by atoms with Gasteiger partial charge in [0, 0.05) is 27.5 Å². The van der Waals surface area contributed by atoms with E-state index < -0.39 is 0 Å². The van der Waals surface area contributed by atoms with Crippen molar-refractivity contribution in [1.82, 2.24) is 15.0 Å². The average Bonchev–Trinajstić information content (AvgIpc) is 3.63. The number of hydrogen-bond acceptors (Lipinski definition) is 5. The third-order valence-corrected chi connectivity index (χ3v) is 9.67. The predicted molar refractivity (Wildman–Crippen MR) is 226 cm³/mol. The summed E-state index contributed by atoms with van der Waals surface area (Å²) in [6, 6.07) is 39.0. The number of hydrogen-bond donors (Lipinski definition) is 0. The lowest BCUT2D eigenvalue weighted by Crippen LogP contribution is -2.02. The van der Waals surface area contributed by atoms with E-state index in [9.17, 15) is 0 Å². The van der Waals surface area contributed by atoms with Crippen LogP contribution in [0.1, 0.15) is 36.5 Å². The zero-order valence-electron chi connectivity index (χ0n) is 30.9. The molecule has 0 spiro atoms. The molecule has 5 nitrogen and oxygen atoms in total. The molecule has 2 aromatic heterocycles. The van der Waals surface area contributed by atoms with Crippen LogP contribution in [0.4, 0.5) is 0 Å². The molecule has 55 heavy (non-hydrogen) atoms. The first kappa shape index (κ1) is 35.2. The van der Waals surface area contributed by atoms with Gasteiger partial charge in [0.2, 0.25) is 0 Å². The highest BCUT2D eigenvalue weighted by molar-refractivity contribution is 6.14. The van der Waals surface area contributed by atoms with Crippen molar-refractivity contribution in [3.63, 3.8) is 0 Å². The van der Waals surface area contributed by atoms with Gasteiger partial charge < -0.3 is 9.15 Å². The lowest BCUT2D eigenvalue weighted by molar-refractivity contribution is 0.443. The van der Waals surface area contributed by atoms with Crippen molar-refractivity contribution in [2.75, 3.05) is 0 Å². The number of aryl methyl sites for hydroxylation is 1. The Hall–Kier alpha value is -6.85. The molecule has 3 heterocycles. The van der Waals surface area contributed by atoms with Gasteiger partial charge in [-0.3, -0.25) is 0 Å². The fourth-order valence-corrected chi connectivity index (χ4v) is 7.02. The Bertz CT molecular complexity index is 2660. The minimum Gasteiger partial charge on any atom is -0.458 e. The third-order valence-electron chi connectivity index (χ3n) is 9.67. The molecule has 0 aliphatic carbocycles. The maximum Gasteiger partial charge on any atom is 0.165 e. The summed E-state index contributed by atoms with van der Waals surface area (Å²) in [5.74, 6) is 3.08. The van der Waals surface area contributed by atoms with E-state index in [1.54, 1.807) is 0 Å². The van der Waals surface area contributed by atoms with Crippen LogP contribution in [0.25, 0.3) is 61.7 Å². The van der Waals surface area contributed by atoms with Gasteiger partial charge in [0.1, 0.15) is 22.7 Å². The standard InChI is InChI=1S/C50H41N3O2/c1-4-16-34(2)17-7-5-8-18-36-27-29-39(30-28-36)49-51-48(38-20-9-6-10-21-38)52-50(53-49)47-41(31-32-45-46(47)42-24-12-14-26-44(42)55-45)40-23-15-22-37-19-11-13-25-43(37)54-35(3)33-40/h4,6-7,9-17,19-21,23-33H,2-3,5,8,18,22H2,1H3/b16-4-,17-7-,23-15?,40-33?. The molecule has 0 amide bonds. The van der Waals surface area contributed by atoms with E-state index in [2.05, 4.69) is 79.9 Å². The second kappa shape index (κ2) is 16.0. The molecular weight excluding hydrogens is 675 g/mol.